The zero-order chi connectivity index (χ0) is 17.0. The molecule has 0 fully saturated rings. The van der Waals surface area contributed by atoms with E-state index in [0.29, 0.717) is 15.6 Å². The molecule has 0 bridgehead atoms. The van der Waals surface area contributed by atoms with Gasteiger partial charge in [-0.1, -0.05) is 6.07 Å². The molecule has 0 radical (unpaired) electrons. The predicted octanol–water partition coefficient (Wildman–Crippen LogP) is 2.16. The Kier molecular flexibility index (Phi) is 5.10. The molecule has 0 atom stereocenters. The zero-order valence-electron chi connectivity index (χ0n) is 13.6. The summed E-state index contributed by atoms with van der Waals surface area (Å²) in [4.78, 5) is 33.1. The van der Waals surface area contributed by atoms with Crippen molar-refractivity contribution in [1.82, 2.24) is 20.6 Å². The highest BCUT2D eigenvalue weighted by molar-refractivity contribution is 7.17. The molecule has 0 aliphatic rings. The first-order valence-electron chi connectivity index (χ1n) is 7.24. The minimum absolute atomic E-state index is 0.0631. The smallest absolute Gasteiger partial charge is 0.263 e. The summed E-state index contributed by atoms with van der Waals surface area (Å²) in [5.41, 5.74) is 1.03. The number of nitrogens with zero attached hydrogens (tertiary/aromatic N) is 2. The van der Waals surface area contributed by atoms with E-state index in [1.165, 1.54) is 11.3 Å². The Morgan fingerprint density at radius 2 is 2.00 bits per heavy atom. The van der Waals surface area contributed by atoms with Crippen LogP contribution in [0.2, 0.25) is 0 Å². The van der Waals surface area contributed by atoms with Gasteiger partial charge in [0.2, 0.25) is 5.91 Å². The molecule has 2 amide bonds. The molecule has 2 aromatic heterocycles. The van der Waals surface area contributed by atoms with Crippen molar-refractivity contribution >= 4 is 23.2 Å². The van der Waals surface area contributed by atoms with Crippen LogP contribution < -0.4 is 10.6 Å². The van der Waals surface area contributed by atoms with Crippen LogP contribution in [0.3, 0.4) is 0 Å². The number of aryl methyl sites for hydroxylation is 1. The summed E-state index contributed by atoms with van der Waals surface area (Å²) >= 11 is 1.27. The van der Waals surface area contributed by atoms with Crippen molar-refractivity contribution in [3.63, 3.8) is 0 Å². The summed E-state index contributed by atoms with van der Waals surface area (Å²) in [7, 11) is 0. The van der Waals surface area contributed by atoms with E-state index in [-0.39, 0.29) is 23.9 Å². The van der Waals surface area contributed by atoms with Gasteiger partial charge < -0.3 is 10.6 Å². The lowest BCUT2D eigenvalue weighted by atomic mass is 10.1. The lowest BCUT2D eigenvalue weighted by Crippen LogP contribution is -2.45. The Labute approximate surface area is 139 Å². The zero-order valence-corrected chi connectivity index (χ0v) is 14.5. The fourth-order valence-electron chi connectivity index (χ4n) is 1.91. The van der Waals surface area contributed by atoms with Gasteiger partial charge in [-0.25, -0.2) is 4.98 Å². The monoisotopic (exact) mass is 332 g/mol. The van der Waals surface area contributed by atoms with Crippen molar-refractivity contribution in [2.24, 2.45) is 0 Å². The van der Waals surface area contributed by atoms with Crippen LogP contribution >= 0.6 is 11.3 Å². The van der Waals surface area contributed by atoms with E-state index in [9.17, 15) is 9.59 Å². The molecular formula is C16H20N4O2S. The number of hydrogen-bond acceptors (Lipinski definition) is 5. The van der Waals surface area contributed by atoms with Crippen molar-refractivity contribution in [2.45, 2.75) is 33.2 Å². The molecule has 7 heteroatoms. The van der Waals surface area contributed by atoms with Crippen LogP contribution in [0, 0.1) is 6.92 Å². The molecule has 23 heavy (non-hydrogen) atoms. The van der Waals surface area contributed by atoms with Gasteiger partial charge in [0, 0.05) is 11.7 Å². The summed E-state index contributed by atoms with van der Waals surface area (Å²) in [5.74, 6) is -0.524. The second-order valence-electron chi connectivity index (χ2n) is 6.13. The number of nitrogens with one attached hydrogen (secondary N) is 2. The van der Waals surface area contributed by atoms with Crippen LogP contribution in [0.5, 0.6) is 0 Å². The van der Waals surface area contributed by atoms with E-state index in [0.717, 1.165) is 5.69 Å². The van der Waals surface area contributed by atoms with E-state index < -0.39 is 0 Å². The molecular weight excluding hydrogens is 312 g/mol. The second-order valence-corrected chi connectivity index (χ2v) is 7.13. The number of rotatable bonds is 4. The van der Waals surface area contributed by atoms with Crippen molar-refractivity contribution in [2.75, 3.05) is 6.54 Å². The molecule has 0 aromatic carbocycles. The Balaban J connectivity index is 2.03. The SMILES string of the molecule is Cc1nc(-c2ccccn2)sc1C(=O)NCC(=O)NC(C)(C)C. The number of thiazole rings is 1. The number of carbonyl (C=O) groups is 2. The molecule has 2 rings (SSSR count). The normalized spacial score (nSPS) is 11.1. The summed E-state index contributed by atoms with van der Waals surface area (Å²) in [5, 5.41) is 6.11. The van der Waals surface area contributed by atoms with Crippen LogP contribution in [0.15, 0.2) is 24.4 Å². The number of carbonyl (C=O) groups excluding carboxylic acids is 2. The number of aromatic nitrogens is 2. The third-order valence-corrected chi connectivity index (χ3v) is 3.99. The molecule has 0 spiro atoms. The number of amides is 2. The van der Waals surface area contributed by atoms with Gasteiger partial charge in [-0.2, -0.15) is 0 Å². The molecule has 2 aromatic rings. The molecule has 0 saturated heterocycles. The van der Waals surface area contributed by atoms with Gasteiger partial charge in [0.25, 0.3) is 5.91 Å². The minimum Gasteiger partial charge on any atom is -0.350 e. The Hall–Kier alpha value is -2.28. The molecule has 2 heterocycles. The van der Waals surface area contributed by atoms with Crippen molar-refractivity contribution in [3.05, 3.63) is 35.0 Å². The van der Waals surface area contributed by atoms with Gasteiger partial charge in [-0.15, -0.1) is 11.3 Å². The second kappa shape index (κ2) is 6.87. The average molecular weight is 332 g/mol. The maximum atomic E-state index is 12.2. The molecule has 2 N–H and O–H groups in total. The minimum atomic E-state index is -0.325. The Bertz CT molecular complexity index is 705. The Morgan fingerprint density at radius 1 is 1.26 bits per heavy atom. The predicted molar refractivity (Wildman–Crippen MR) is 90.3 cm³/mol. The first kappa shape index (κ1) is 17.1. The topological polar surface area (TPSA) is 84.0 Å². The average Bonchev–Trinajstić information content (AvgIpc) is 2.86. The molecule has 6 nitrogen and oxygen atoms in total. The quantitative estimate of drug-likeness (QED) is 0.898. The molecule has 0 unspecified atom stereocenters. The first-order chi connectivity index (χ1) is 10.8. The van der Waals surface area contributed by atoms with Crippen LogP contribution in [-0.4, -0.2) is 33.9 Å². The maximum Gasteiger partial charge on any atom is 0.263 e. The molecule has 0 aliphatic carbocycles. The summed E-state index contributed by atoms with van der Waals surface area (Å²) in [6.07, 6.45) is 1.68. The van der Waals surface area contributed by atoms with E-state index in [2.05, 4.69) is 20.6 Å². The first-order valence-corrected chi connectivity index (χ1v) is 8.06. The molecule has 0 aliphatic heterocycles. The van der Waals surface area contributed by atoms with Crippen molar-refractivity contribution < 1.29 is 9.59 Å². The summed E-state index contributed by atoms with van der Waals surface area (Å²) in [6, 6.07) is 5.54. The highest BCUT2D eigenvalue weighted by Gasteiger charge is 2.18. The van der Waals surface area contributed by atoms with Crippen LogP contribution in [0.4, 0.5) is 0 Å². The van der Waals surface area contributed by atoms with E-state index in [4.69, 9.17) is 0 Å². The Morgan fingerprint density at radius 3 is 2.61 bits per heavy atom. The highest BCUT2D eigenvalue weighted by atomic mass is 32.1. The van der Waals surface area contributed by atoms with Crippen LogP contribution in [0.1, 0.15) is 36.1 Å². The van der Waals surface area contributed by atoms with Gasteiger partial charge in [0.05, 0.1) is 17.9 Å². The molecule has 0 saturated carbocycles. The number of hydrogen-bond donors (Lipinski definition) is 2. The van der Waals surface area contributed by atoms with Crippen LogP contribution in [-0.2, 0) is 4.79 Å². The van der Waals surface area contributed by atoms with Crippen molar-refractivity contribution in [3.8, 4) is 10.7 Å². The van der Waals surface area contributed by atoms with Gasteiger partial charge >= 0.3 is 0 Å². The van der Waals surface area contributed by atoms with Gasteiger partial charge in [-0.3, -0.25) is 14.6 Å². The standard InChI is InChI=1S/C16H20N4O2S/c1-10-13(14(22)18-9-12(21)20-16(2,3)4)23-15(19-10)11-7-5-6-8-17-11/h5-8H,9H2,1-4H3,(H,18,22)(H,20,21). The fourth-order valence-corrected chi connectivity index (χ4v) is 2.87. The van der Waals surface area contributed by atoms with E-state index in [1.54, 1.807) is 13.1 Å². The summed E-state index contributed by atoms with van der Waals surface area (Å²) < 4.78 is 0. The van der Waals surface area contributed by atoms with Gasteiger partial charge in [0.15, 0.2) is 0 Å². The third-order valence-electron chi connectivity index (χ3n) is 2.81. The van der Waals surface area contributed by atoms with Gasteiger partial charge in [-0.05, 0) is 39.8 Å². The van der Waals surface area contributed by atoms with Crippen molar-refractivity contribution in [1.29, 1.82) is 0 Å². The number of pyridine rings is 1. The summed E-state index contributed by atoms with van der Waals surface area (Å²) in [6.45, 7) is 7.37. The fraction of sp³-hybridized carbons (Fsp3) is 0.375. The molecule has 122 valence electrons. The van der Waals surface area contributed by atoms with Gasteiger partial charge in [0.1, 0.15) is 9.88 Å². The van der Waals surface area contributed by atoms with E-state index >= 15 is 0 Å². The highest BCUT2D eigenvalue weighted by Crippen LogP contribution is 2.26. The lowest BCUT2D eigenvalue weighted by molar-refractivity contribution is -0.121. The maximum absolute atomic E-state index is 12.2. The van der Waals surface area contributed by atoms with Crippen LogP contribution in [0.25, 0.3) is 10.7 Å². The lowest BCUT2D eigenvalue weighted by Gasteiger charge is -2.20. The largest absolute Gasteiger partial charge is 0.350 e. The third kappa shape index (κ3) is 4.85. The van der Waals surface area contributed by atoms with E-state index in [1.807, 2.05) is 39.0 Å².